The monoisotopic (exact) mass is 1080 g/mol. The molecule has 2 aromatic heterocycles. The van der Waals surface area contributed by atoms with Crippen molar-refractivity contribution < 1.29 is 90.6 Å². The molecule has 0 bridgehead atoms. The average molecular weight is 1080 g/mol. The third kappa shape index (κ3) is 10.7. The summed E-state index contributed by atoms with van der Waals surface area (Å²) in [6.45, 7) is 9.89. The lowest BCUT2D eigenvalue weighted by molar-refractivity contribution is -0.387. The van der Waals surface area contributed by atoms with E-state index in [0.29, 0.717) is 27.6 Å². The molecule has 1 saturated heterocycles. The summed E-state index contributed by atoms with van der Waals surface area (Å²) in [5, 5.41) is 30.2. The minimum atomic E-state index is -2.13. The minimum absolute atomic E-state index is 0.0544. The van der Waals surface area contributed by atoms with E-state index in [1.165, 1.54) is 22.8 Å². The largest absolute Gasteiger partial charge is 0.467 e. The van der Waals surface area contributed by atoms with Crippen LogP contribution in [0.25, 0.3) is 22.3 Å². The highest BCUT2D eigenvalue weighted by molar-refractivity contribution is 5.94. The Morgan fingerprint density at radius 3 is 2.29 bits per heavy atom. The number of pyridine rings is 2. The first-order valence-electron chi connectivity index (χ1n) is 24.2. The number of benzene rings is 2. The Balaban J connectivity index is 1.15. The van der Waals surface area contributed by atoms with Crippen LogP contribution in [0.4, 0.5) is 19.7 Å². The van der Waals surface area contributed by atoms with Crippen molar-refractivity contribution in [3.63, 3.8) is 0 Å². The van der Waals surface area contributed by atoms with Gasteiger partial charge in [-0.1, -0.05) is 13.0 Å². The molecule has 1 aliphatic carbocycles. The zero-order chi connectivity index (χ0) is 56.2. The molecule has 0 radical (unpaired) electrons. The highest BCUT2D eigenvalue weighted by Gasteiger charge is 2.56. The van der Waals surface area contributed by atoms with E-state index < -0.39 is 130 Å². The number of hydrogen-bond donors (Lipinski definition) is 3. The smallest absolute Gasteiger partial charge is 0.408 e. The Bertz CT molecular complexity index is 3230. The van der Waals surface area contributed by atoms with Gasteiger partial charge in [-0.05, 0) is 75.8 Å². The quantitative estimate of drug-likeness (QED) is 0.0633. The number of esters is 5. The van der Waals surface area contributed by atoms with Crippen molar-refractivity contribution in [2.45, 2.75) is 142 Å². The van der Waals surface area contributed by atoms with Gasteiger partial charge in [0.15, 0.2) is 29.7 Å². The number of aryl methyl sites for hydroxylation is 1. The highest BCUT2D eigenvalue weighted by atomic mass is 19.1. The molecule has 5 heterocycles. The number of methoxy groups -OCH3 is 1. The fourth-order valence-electron chi connectivity index (χ4n) is 10.00. The van der Waals surface area contributed by atoms with Crippen LogP contribution in [0.1, 0.15) is 112 Å². The summed E-state index contributed by atoms with van der Waals surface area (Å²) < 4.78 is 66.2. The van der Waals surface area contributed by atoms with Gasteiger partial charge in [-0.25, -0.2) is 28.6 Å². The second-order valence-electron chi connectivity index (χ2n) is 19.6. The standard InChI is InChI=1S/C51H54FN5O20/c1-10-51(66)29-16-34-39-27(19-56(34)44(61)28(29)20-70-47(51)63)38-31(13-12-26-21(2)30(52)17-32(54-39)37(26)38)55-49(65)75-36(18-53-48(64)77-50(6,7)8)25-11-14-35(33(15-25)57(67)68)74-46-43(73-24(5)60)41(72-23(4)59)40(71-22(3)58)42(76-46)45(62)69-9/h11,14-17,31,36,40-43,46,66H,10,12-13,18-20H2,1-9H3,(H,53,64)(H,55,65)/t31-,36?,40+,41+,42+,43-,46-,51-/m1/s1. The van der Waals surface area contributed by atoms with Crippen molar-refractivity contribution in [1.29, 1.82) is 0 Å². The van der Waals surface area contributed by atoms with Gasteiger partial charge in [-0.15, -0.1) is 0 Å². The van der Waals surface area contributed by atoms with Gasteiger partial charge in [0.05, 0.1) is 53.6 Å². The maximum absolute atomic E-state index is 15.6. The van der Waals surface area contributed by atoms with E-state index in [4.69, 9.17) is 47.6 Å². The van der Waals surface area contributed by atoms with E-state index in [9.17, 15) is 53.6 Å². The number of nitro benzene ring substituents is 1. The van der Waals surface area contributed by atoms with Crippen LogP contribution in [0, 0.1) is 22.9 Å². The van der Waals surface area contributed by atoms with Crippen molar-refractivity contribution >= 4 is 58.6 Å². The number of alkyl carbamates (subject to hydrolysis) is 2. The Labute approximate surface area is 436 Å². The average Bonchev–Trinajstić information content (AvgIpc) is 3.89. The number of nitrogens with zero attached hydrogens (tertiary/aromatic N) is 3. The van der Waals surface area contributed by atoms with Crippen molar-refractivity contribution in [2.24, 2.45) is 0 Å². The van der Waals surface area contributed by atoms with Crippen LogP contribution >= 0.6 is 0 Å². The zero-order valence-electron chi connectivity index (χ0n) is 43.1. The van der Waals surface area contributed by atoms with Crippen LogP contribution in [-0.2, 0) is 87.0 Å². The van der Waals surface area contributed by atoms with E-state index in [0.717, 1.165) is 40.0 Å². The van der Waals surface area contributed by atoms with Crippen LogP contribution in [-0.4, -0.2) is 112 Å². The second-order valence-corrected chi connectivity index (χ2v) is 19.6. The predicted octanol–water partition coefficient (Wildman–Crippen LogP) is 4.49. The molecule has 2 aromatic carbocycles. The van der Waals surface area contributed by atoms with Crippen molar-refractivity contribution in [1.82, 2.24) is 20.2 Å². The van der Waals surface area contributed by atoms with Crippen molar-refractivity contribution in [3.05, 3.63) is 95.6 Å². The summed E-state index contributed by atoms with van der Waals surface area (Å²) in [7, 11) is 0.969. The lowest BCUT2D eigenvalue weighted by Crippen LogP contribution is -2.64. The molecule has 8 rings (SSSR count). The summed E-state index contributed by atoms with van der Waals surface area (Å²) in [5.74, 6) is -6.19. The molecule has 8 atom stereocenters. The Morgan fingerprint density at radius 1 is 0.974 bits per heavy atom. The molecule has 26 heteroatoms. The molecule has 1 fully saturated rings. The number of cyclic esters (lactones) is 1. The van der Waals surface area contributed by atoms with Gasteiger partial charge < -0.3 is 62.9 Å². The molecule has 4 aliphatic rings. The molecule has 2 amide bonds. The number of halogens is 1. The van der Waals surface area contributed by atoms with Gasteiger partial charge in [0, 0.05) is 55.0 Å². The van der Waals surface area contributed by atoms with Gasteiger partial charge in [0.25, 0.3) is 5.56 Å². The number of hydrogen-bond acceptors (Lipinski definition) is 21. The Morgan fingerprint density at radius 2 is 1.65 bits per heavy atom. The first-order chi connectivity index (χ1) is 36.2. The molecule has 410 valence electrons. The van der Waals surface area contributed by atoms with Crippen LogP contribution in [0.15, 0.2) is 35.1 Å². The fourth-order valence-corrected chi connectivity index (χ4v) is 10.00. The van der Waals surface area contributed by atoms with E-state index in [-0.39, 0.29) is 66.0 Å². The predicted molar refractivity (Wildman–Crippen MR) is 258 cm³/mol. The molecule has 77 heavy (non-hydrogen) atoms. The lowest BCUT2D eigenvalue weighted by Gasteiger charge is -2.43. The minimum Gasteiger partial charge on any atom is -0.467 e. The maximum atomic E-state index is 15.6. The number of aromatic nitrogens is 2. The SMILES string of the molecule is CC[C@]1(O)C(=O)OCc2c1cc1n(c2=O)Cc2c-1nc1cc(F)c(C)c3c1c2[C@H](NC(=O)OC(CNC(=O)OC(C)(C)C)c1ccc(O[C@@H]2O[C@H](C(=O)OC)[C@@H](OC(C)=O)[C@H](OC(C)=O)[C@H]2OC(C)=O)c([N+](=O)[O-])c1)CC3. The van der Waals surface area contributed by atoms with Gasteiger partial charge in [0.2, 0.25) is 12.4 Å². The lowest BCUT2D eigenvalue weighted by atomic mass is 9.81. The number of nitro groups is 1. The van der Waals surface area contributed by atoms with E-state index in [1.807, 2.05) is 0 Å². The second kappa shape index (κ2) is 21.0. The number of carbonyl (C=O) groups is 7. The van der Waals surface area contributed by atoms with Crippen molar-refractivity contribution in [3.8, 4) is 17.1 Å². The molecular formula is C51H54FN5O20. The number of fused-ring (bicyclic) bond motifs is 5. The van der Waals surface area contributed by atoms with Crippen molar-refractivity contribution in [2.75, 3.05) is 13.7 Å². The van der Waals surface area contributed by atoms with Gasteiger partial charge >= 0.3 is 47.7 Å². The topological polar surface area (TPSA) is 325 Å². The summed E-state index contributed by atoms with van der Waals surface area (Å²) >= 11 is 0. The normalized spacial score (nSPS) is 22.4. The molecule has 3 aliphatic heterocycles. The van der Waals surface area contributed by atoms with E-state index in [2.05, 4.69) is 10.6 Å². The molecular weight excluding hydrogens is 1020 g/mol. The molecule has 0 saturated carbocycles. The molecule has 25 nitrogen and oxygen atoms in total. The molecule has 3 N–H and O–H groups in total. The van der Waals surface area contributed by atoms with Gasteiger partial charge in [-0.3, -0.25) is 29.3 Å². The third-order valence-electron chi connectivity index (χ3n) is 13.4. The zero-order valence-corrected chi connectivity index (χ0v) is 43.1. The summed E-state index contributed by atoms with van der Waals surface area (Å²) in [5.41, 5.74) is -1.91. The first kappa shape index (κ1) is 55.0. The van der Waals surface area contributed by atoms with Gasteiger partial charge in [0.1, 0.15) is 24.1 Å². The van der Waals surface area contributed by atoms with E-state index in [1.54, 1.807) is 34.6 Å². The number of aliphatic hydroxyl groups is 1. The summed E-state index contributed by atoms with van der Waals surface area (Å²) in [4.78, 5) is 121. The highest BCUT2D eigenvalue weighted by Crippen LogP contribution is 2.46. The first-order valence-corrected chi connectivity index (χ1v) is 24.2. The number of nitrogens with one attached hydrogen (secondary N) is 2. The van der Waals surface area contributed by atoms with Crippen LogP contribution in [0.3, 0.4) is 0 Å². The Hall–Kier alpha value is -8.26. The number of carbonyl (C=O) groups excluding carboxylic acids is 7. The molecule has 4 aromatic rings. The fraction of sp³-hybridized carbons (Fsp3) is 0.471. The van der Waals surface area contributed by atoms with Crippen LogP contribution in [0.5, 0.6) is 5.75 Å². The Kier molecular flexibility index (Phi) is 15.0. The van der Waals surface area contributed by atoms with Crippen LogP contribution < -0.4 is 20.9 Å². The van der Waals surface area contributed by atoms with Gasteiger partial charge in [-0.2, -0.15) is 0 Å². The van der Waals surface area contributed by atoms with Crippen LogP contribution in [0.2, 0.25) is 0 Å². The number of ether oxygens (including phenoxy) is 9. The third-order valence-corrected chi connectivity index (χ3v) is 13.4. The molecule has 0 spiro atoms. The number of amides is 2. The molecule has 1 unspecified atom stereocenters. The number of rotatable bonds is 13. The van der Waals surface area contributed by atoms with E-state index >= 15 is 4.39 Å². The summed E-state index contributed by atoms with van der Waals surface area (Å²) in [6, 6.07) is 5.05. The summed E-state index contributed by atoms with van der Waals surface area (Å²) in [6.07, 6.45) is -12.6. The maximum Gasteiger partial charge on any atom is 0.408 e.